The van der Waals surface area contributed by atoms with E-state index in [1.165, 1.54) is 12.2 Å². The number of H-pyrrole nitrogens is 4. The molecule has 4 aliphatic rings. The Bertz CT molecular complexity index is 5890. The van der Waals surface area contributed by atoms with Gasteiger partial charge < -0.3 is 131 Å². The number of nitrogens with zero attached hydrogens (tertiary/aromatic N) is 4. The Balaban J connectivity index is 0.000000462. The van der Waals surface area contributed by atoms with Crippen molar-refractivity contribution in [1.82, 2.24) is 60.3 Å². The number of phosphoric acid groups is 6. The van der Waals surface area contributed by atoms with Gasteiger partial charge in [0.05, 0.1) is 48.7 Å². The lowest BCUT2D eigenvalue weighted by Gasteiger charge is -2.19. The average Bonchev–Trinajstić information content (AvgIpc) is 1.66. The molecule has 4 aliphatic heterocycles. The highest BCUT2D eigenvalue weighted by molar-refractivity contribution is 8.05. The molecule has 758 valence electrons. The van der Waals surface area contributed by atoms with Crippen molar-refractivity contribution in [2.24, 2.45) is 5.73 Å². The number of rotatable bonds is 31. The number of hydrogen-bond donors (Lipinski definition) is 26. The van der Waals surface area contributed by atoms with E-state index in [4.69, 9.17) is 81.6 Å². The van der Waals surface area contributed by atoms with Crippen molar-refractivity contribution in [3.63, 3.8) is 0 Å². The molecule has 0 aromatic carbocycles. The molecule has 8 unspecified atom stereocenters. The van der Waals surface area contributed by atoms with Crippen LogP contribution < -0.4 is 72.8 Å². The summed E-state index contributed by atoms with van der Waals surface area (Å²) in [6.45, 7) is -4.05. The third-order valence-electron chi connectivity index (χ3n) is 15.8. The van der Waals surface area contributed by atoms with Gasteiger partial charge in [0.1, 0.15) is 73.2 Å². The molecule has 0 spiro atoms. The summed E-state index contributed by atoms with van der Waals surface area (Å²) in [5.41, 5.74) is -4.38. The Labute approximate surface area is 739 Å². The minimum Gasteiger partial charge on any atom is -0.412 e. The number of aliphatic hydroxyl groups excluding tert-OH is 9. The van der Waals surface area contributed by atoms with E-state index in [1.807, 2.05) is 15.0 Å². The lowest BCUT2D eigenvalue weighted by atomic mass is 10.1. The van der Waals surface area contributed by atoms with Gasteiger partial charge >= 0.3 is 112 Å². The van der Waals surface area contributed by atoms with Crippen molar-refractivity contribution in [1.29, 1.82) is 0 Å². The molecule has 4 aromatic rings. The number of imide groups is 2. The highest BCUT2D eigenvalue weighted by atomic mass is 35.9. The Morgan fingerprint density at radius 2 is 0.679 bits per heavy atom. The fraction of sp³-hybridized carbons (Fsp3) is 0.463. The molecule has 0 aliphatic carbocycles. The zero-order valence-corrected chi connectivity index (χ0v) is 72.8. The highest BCUT2D eigenvalue weighted by Gasteiger charge is 2.52. The van der Waals surface area contributed by atoms with Crippen LogP contribution in [-0.4, -0.2) is 290 Å². The van der Waals surface area contributed by atoms with E-state index in [2.05, 4.69) is 30.8 Å². The first kappa shape index (κ1) is 120. The van der Waals surface area contributed by atoms with Gasteiger partial charge in [-0.15, -0.1) is 0 Å². The summed E-state index contributed by atoms with van der Waals surface area (Å²) in [5.74, 6) is -10.4. The predicted octanol–water partition coefficient (Wildman–Crippen LogP) is -7.66. The monoisotopic (exact) mass is 2140 g/mol. The summed E-state index contributed by atoms with van der Waals surface area (Å²) >= 11 is 10.4. The van der Waals surface area contributed by atoms with Gasteiger partial charge in [-0.2, -0.15) is 56.8 Å². The second kappa shape index (κ2) is 48.4. The van der Waals surface area contributed by atoms with Crippen LogP contribution in [0.5, 0.6) is 0 Å². The number of phosphoric ester groups is 2. The topological polar surface area (TPSA) is 998 Å². The second-order valence-corrected chi connectivity index (χ2v) is 38.5. The largest absolute Gasteiger partial charge is 0.490 e. The van der Waals surface area contributed by atoms with E-state index in [0.717, 1.165) is 50.5 Å². The number of alkyl halides is 9. The second-order valence-electron chi connectivity index (χ2n) is 25.4. The maximum Gasteiger partial charge on any atom is 0.490 e. The molecule has 62 nitrogen and oxygen atoms in total. The first-order valence-electron chi connectivity index (χ1n) is 34.1. The standard InChI is InChI=1S/C14H13Cl2F3N3O9P.C14H17F3N3O17P3.C14H16F3N3O7.C12H20N3O15P3.H3N.H2O/c15-32(16,29)30-4-6-8(24)9(25)11(31-6)22-3-5(10(26)21-13(22)28)1-2-7(23)20-12(27)14(17,18)19;15-14(16,17)12(25)18-7(21)2-1-5-3-20(13(26)19-10(5)24)11-9(23)8(22)6(35-11)4-34-39(30,31)37-40(32,33)36-38(27,28)29;15-14(16,17)12(25)18-3-1-2-6-4-20(13(26)19-10(6)24)11-9(23)8(22)7(5-21)27-11;13-3-1-2-6-4-15(12(19)14-10(6)18)11-9(17)8(16)7(28-11)5-27-32(23,24)30-33(25,26)29-31(20,21)22;;/h1-3,6,8-9,11,24-25H,4H2,(H,20,23,27)(H,21,26,28);1-3,6,8-9,11,22-23H,4H2,(H,30,31)(H,32,33)(H,18,21,25)(H,19,24,26)(H2,27,28,29);1-2,4,7-9,11,21-23H,3,5H2,(H,18,25)(H,19,24,26);1-2,4,7-9,11,16-17H,3,5,13H2,(H,23,24)(H,25,26)(H,14,18,19)(H2,20,21,22);1H3;1H2/b4*2-1+;;/t2*6-,8?,9+,11-;2*7-,8?,9+,11-;;/m1111../s1. The number of aliphatic hydroxyl groups is 9. The molecule has 80 heteroatoms. The van der Waals surface area contributed by atoms with Crippen molar-refractivity contribution in [3.05, 3.63) is 155 Å². The zero-order valence-electron chi connectivity index (χ0n) is 65.0. The summed E-state index contributed by atoms with van der Waals surface area (Å²) in [6, 6.07) is 0. The SMILES string of the molecule is N.NC/C=C/c1cn([C@@H]2O[C@H](COP(=O)(O)OP(=O)(O)OP(=O)(O)O)C(O)[C@@H]2O)c(=O)[nH]c1=O.O.O=C(/C=C/c1cn([C@@H]2O[C@H](COP(=O)(Cl)Cl)C(O)[C@@H]2O)c(=O)[nH]c1=O)NC(=O)C(F)(F)F.O=C(/C=C/c1cn([C@@H]2O[C@H](COP(=O)(O)OP(=O)(O)OP(=O)(O)O)C(O)[C@@H]2O)c(=O)[nH]c1=O)NC(=O)C(F)(F)F.O=C(NC/C=C/c1cn([C@@H]2O[C@H](CO)C(O)[C@@H]2O)c(=O)[nH]c1=O)C(F)(F)F. The van der Waals surface area contributed by atoms with Gasteiger partial charge in [0.25, 0.3) is 34.1 Å². The number of carbonyl (C=O) groups excluding carboxylic acids is 5. The van der Waals surface area contributed by atoms with E-state index in [-0.39, 0.29) is 29.3 Å². The van der Waals surface area contributed by atoms with Crippen LogP contribution >= 0.6 is 75.5 Å². The lowest BCUT2D eigenvalue weighted by Crippen LogP contribution is -2.40. The number of ether oxygens (including phenoxy) is 4. The Morgan fingerprint density at radius 3 is 0.933 bits per heavy atom. The number of carbonyl (C=O) groups is 5. The molecular weight excluding hydrogens is 2070 g/mol. The average molecular weight is 2140 g/mol. The van der Waals surface area contributed by atoms with Crippen molar-refractivity contribution < 1.29 is 236 Å². The van der Waals surface area contributed by atoms with Crippen LogP contribution in [0.25, 0.3) is 24.3 Å². The van der Waals surface area contributed by atoms with Crippen molar-refractivity contribution in [2.75, 3.05) is 39.5 Å². The summed E-state index contributed by atoms with van der Waals surface area (Å²) in [4.78, 5) is 229. The Morgan fingerprint density at radius 1 is 0.418 bits per heavy atom. The van der Waals surface area contributed by atoms with Gasteiger partial charge in [-0.05, 0) is 34.6 Å². The number of aromatic nitrogens is 8. The molecule has 4 aromatic heterocycles. The van der Waals surface area contributed by atoms with Crippen LogP contribution in [0.3, 0.4) is 0 Å². The smallest absolute Gasteiger partial charge is 0.412 e. The van der Waals surface area contributed by atoms with Gasteiger partial charge in [-0.25, -0.2) is 46.6 Å². The number of nitrogens with two attached hydrogens (primary N) is 1. The number of hydrogen-bond acceptors (Lipinski definition) is 42. The number of nitrogens with one attached hydrogen (secondary N) is 7. The maximum atomic E-state index is 12.2. The fourth-order valence-corrected chi connectivity index (χ4v) is 16.9. The van der Waals surface area contributed by atoms with Crippen molar-refractivity contribution in [3.8, 4) is 0 Å². The molecule has 134 heavy (non-hydrogen) atoms. The molecule has 8 rings (SSSR count). The first-order valence-corrected chi connectivity index (χ1v) is 46.6. The van der Waals surface area contributed by atoms with Crippen molar-refractivity contribution >= 4 is 129 Å². The summed E-state index contributed by atoms with van der Waals surface area (Å²) in [7, 11) is -34.1. The molecular formula is C54H71Cl2F9N13O49P7. The van der Waals surface area contributed by atoms with Gasteiger partial charge in [-0.3, -0.25) is 106 Å². The fourth-order valence-electron chi connectivity index (χ4n) is 10.1. The molecule has 0 bridgehead atoms. The van der Waals surface area contributed by atoms with Crippen LogP contribution in [0.4, 0.5) is 39.5 Å². The third-order valence-corrected chi connectivity index (χ3v) is 24.5. The number of aromatic amines is 4. The minimum absolute atomic E-state index is 0. The summed E-state index contributed by atoms with van der Waals surface area (Å²) in [6.07, 6.45) is -36.3. The Kier molecular flexibility index (Phi) is 43.3. The molecule has 0 saturated carbocycles. The van der Waals surface area contributed by atoms with Gasteiger partial charge in [0, 0.05) is 50.0 Å². The third kappa shape index (κ3) is 36.3. The molecule has 0 radical (unpaired) electrons. The Hall–Kier alpha value is -8.25. The minimum atomic E-state index is -5.87. The highest BCUT2D eigenvalue weighted by Crippen LogP contribution is 2.68. The first-order chi connectivity index (χ1) is 60.2. The van der Waals surface area contributed by atoms with E-state index in [9.17, 15) is 184 Å². The summed E-state index contributed by atoms with van der Waals surface area (Å²) in [5, 5.41) is 93.1. The van der Waals surface area contributed by atoms with Crippen LogP contribution in [-0.2, 0) is 106 Å². The van der Waals surface area contributed by atoms with Gasteiger partial charge in [0.2, 0.25) is 0 Å². The molecule has 20 atom stereocenters. The van der Waals surface area contributed by atoms with E-state index >= 15 is 0 Å². The van der Waals surface area contributed by atoms with E-state index < -0.39 is 288 Å². The van der Waals surface area contributed by atoms with E-state index in [0.29, 0.717) is 39.6 Å². The molecule has 31 N–H and O–H groups in total. The number of amides is 5. The van der Waals surface area contributed by atoms with Crippen molar-refractivity contribution in [2.45, 2.75) is 117 Å². The molecule has 4 fully saturated rings. The maximum absolute atomic E-state index is 12.2. The summed E-state index contributed by atoms with van der Waals surface area (Å²) < 4.78 is 239. The van der Waals surface area contributed by atoms with Crippen LogP contribution in [0, 0.1) is 0 Å². The predicted molar refractivity (Wildman–Crippen MR) is 412 cm³/mol. The molecule has 4 saturated heterocycles. The normalized spacial score (nSPS) is 25.2. The lowest BCUT2D eigenvalue weighted by molar-refractivity contribution is -0.174. The quantitative estimate of drug-likeness (QED) is 0.0126. The van der Waals surface area contributed by atoms with Gasteiger partial charge in [-0.1, -0.05) is 24.3 Å². The molecule has 8 heterocycles. The van der Waals surface area contributed by atoms with E-state index in [1.54, 1.807) is 10.3 Å². The van der Waals surface area contributed by atoms with Crippen LogP contribution in [0.2, 0.25) is 0 Å². The van der Waals surface area contributed by atoms with Crippen LogP contribution in [0.1, 0.15) is 47.2 Å². The van der Waals surface area contributed by atoms with Gasteiger partial charge in [0.15, 0.2) is 24.9 Å². The molecule has 5 amide bonds. The zero-order chi connectivity index (χ0) is 101. The number of halogens is 11. The van der Waals surface area contributed by atoms with Crippen LogP contribution in [0.15, 0.2) is 87.4 Å².